The lowest BCUT2D eigenvalue weighted by atomic mass is 9.82. The summed E-state index contributed by atoms with van der Waals surface area (Å²) in [6.07, 6.45) is 5.99. The summed E-state index contributed by atoms with van der Waals surface area (Å²) in [4.78, 5) is 0. The zero-order valence-corrected chi connectivity index (χ0v) is 12.3. The SMILES string of the molecule is CC(C)c1ccc(CNC2(CO)CCCCC2)cc1. The molecule has 1 aliphatic rings. The minimum atomic E-state index is -0.0328. The fourth-order valence-corrected chi connectivity index (χ4v) is 2.93. The monoisotopic (exact) mass is 261 g/mol. The molecule has 0 aromatic heterocycles. The molecule has 0 aliphatic heterocycles. The summed E-state index contributed by atoms with van der Waals surface area (Å²) in [5, 5.41) is 13.3. The predicted molar refractivity (Wildman–Crippen MR) is 80.3 cm³/mol. The van der Waals surface area contributed by atoms with E-state index in [1.807, 2.05) is 0 Å². The van der Waals surface area contributed by atoms with Crippen molar-refractivity contribution in [1.29, 1.82) is 0 Å². The van der Waals surface area contributed by atoms with Gasteiger partial charge in [0.2, 0.25) is 0 Å². The van der Waals surface area contributed by atoms with Crippen molar-refractivity contribution in [2.75, 3.05) is 6.61 Å². The van der Waals surface area contributed by atoms with Gasteiger partial charge in [0, 0.05) is 12.1 Å². The van der Waals surface area contributed by atoms with Gasteiger partial charge in [-0.25, -0.2) is 0 Å². The van der Waals surface area contributed by atoms with Crippen molar-refractivity contribution < 1.29 is 5.11 Å². The number of aliphatic hydroxyl groups excluding tert-OH is 1. The smallest absolute Gasteiger partial charge is 0.0613 e. The van der Waals surface area contributed by atoms with Crippen LogP contribution in [0.1, 0.15) is 63.0 Å². The molecule has 19 heavy (non-hydrogen) atoms. The summed E-state index contributed by atoms with van der Waals surface area (Å²) in [5.74, 6) is 0.587. The Morgan fingerprint density at radius 3 is 2.26 bits per heavy atom. The fourth-order valence-electron chi connectivity index (χ4n) is 2.93. The lowest BCUT2D eigenvalue weighted by Crippen LogP contribution is -2.49. The largest absolute Gasteiger partial charge is 0.394 e. The second kappa shape index (κ2) is 6.53. The van der Waals surface area contributed by atoms with Crippen molar-refractivity contribution in [1.82, 2.24) is 5.32 Å². The Balaban J connectivity index is 1.93. The topological polar surface area (TPSA) is 32.3 Å². The van der Waals surface area contributed by atoms with Gasteiger partial charge >= 0.3 is 0 Å². The van der Waals surface area contributed by atoms with Crippen LogP contribution >= 0.6 is 0 Å². The van der Waals surface area contributed by atoms with Gasteiger partial charge in [-0.1, -0.05) is 57.4 Å². The highest BCUT2D eigenvalue weighted by molar-refractivity contribution is 5.24. The van der Waals surface area contributed by atoms with Gasteiger partial charge in [-0.3, -0.25) is 0 Å². The standard InChI is InChI=1S/C17H27NO/c1-14(2)16-8-6-15(7-9-16)12-18-17(13-19)10-4-3-5-11-17/h6-9,14,18-19H,3-5,10-13H2,1-2H3. The number of nitrogens with one attached hydrogen (secondary N) is 1. The maximum absolute atomic E-state index is 9.67. The van der Waals surface area contributed by atoms with Gasteiger partial charge in [0.25, 0.3) is 0 Å². The molecule has 0 spiro atoms. The number of benzene rings is 1. The van der Waals surface area contributed by atoms with Crippen molar-refractivity contribution in [3.05, 3.63) is 35.4 Å². The van der Waals surface area contributed by atoms with E-state index in [4.69, 9.17) is 0 Å². The Labute approximate surface area is 117 Å². The van der Waals surface area contributed by atoms with Gasteiger partial charge in [-0.05, 0) is 29.9 Å². The van der Waals surface area contributed by atoms with Crippen molar-refractivity contribution in [3.8, 4) is 0 Å². The summed E-state index contributed by atoms with van der Waals surface area (Å²) < 4.78 is 0. The van der Waals surface area contributed by atoms with E-state index in [0.29, 0.717) is 5.92 Å². The van der Waals surface area contributed by atoms with Crippen LogP contribution in [-0.2, 0) is 6.54 Å². The molecule has 0 heterocycles. The molecular formula is C17H27NO. The van der Waals surface area contributed by atoms with E-state index in [0.717, 1.165) is 19.4 Å². The van der Waals surface area contributed by atoms with Crippen LogP contribution in [0.5, 0.6) is 0 Å². The van der Waals surface area contributed by atoms with Crippen molar-refractivity contribution in [3.63, 3.8) is 0 Å². The van der Waals surface area contributed by atoms with Crippen LogP contribution in [0.4, 0.5) is 0 Å². The van der Waals surface area contributed by atoms with Crippen LogP contribution in [0, 0.1) is 0 Å². The van der Waals surface area contributed by atoms with Gasteiger partial charge < -0.3 is 10.4 Å². The van der Waals surface area contributed by atoms with Gasteiger partial charge in [0.15, 0.2) is 0 Å². The van der Waals surface area contributed by atoms with Gasteiger partial charge in [-0.2, -0.15) is 0 Å². The summed E-state index contributed by atoms with van der Waals surface area (Å²) in [5.41, 5.74) is 2.66. The van der Waals surface area contributed by atoms with Crippen molar-refractivity contribution in [2.45, 2.75) is 64.0 Å². The third kappa shape index (κ3) is 3.80. The van der Waals surface area contributed by atoms with Gasteiger partial charge in [0.1, 0.15) is 0 Å². The Morgan fingerprint density at radius 1 is 1.11 bits per heavy atom. The molecule has 2 nitrogen and oxygen atoms in total. The number of hydrogen-bond donors (Lipinski definition) is 2. The highest BCUT2D eigenvalue weighted by Gasteiger charge is 2.30. The minimum absolute atomic E-state index is 0.0328. The molecule has 106 valence electrons. The van der Waals surface area contributed by atoms with E-state index in [9.17, 15) is 5.11 Å². The highest BCUT2D eigenvalue weighted by Crippen LogP contribution is 2.28. The normalized spacial score (nSPS) is 18.7. The van der Waals surface area contributed by atoms with E-state index in [1.54, 1.807) is 0 Å². The Bertz CT molecular complexity index is 377. The fraction of sp³-hybridized carbons (Fsp3) is 0.647. The number of rotatable bonds is 5. The third-order valence-corrected chi connectivity index (χ3v) is 4.43. The van der Waals surface area contributed by atoms with Gasteiger partial charge in [0.05, 0.1) is 6.61 Å². The molecule has 0 atom stereocenters. The molecule has 2 heteroatoms. The average Bonchev–Trinajstić information content (AvgIpc) is 2.46. The molecule has 0 amide bonds. The Kier molecular flexibility index (Phi) is 5.00. The second-order valence-electron chi connectivity index (χ2n) is 6.25. The van der Waals surface area contributed by atoms with Crippen LogP contribution in [-0.4, -0.2) is 17.3 Å². The molecule has 1 fully saturated rings. The van der Waals surface area contributed by atoms with Crippen molar-refractivity contribution >= 4 is 0 Å². The average molecular weight is 261 g/mol. The zero-order chi connectivity index (χ0) is 13.7. The Morgan fingerprint density at radius 2 is 1.74 bits per heavy atom. The maximum atomic E-state index is 9.67. The summed E-state index contributed by atoms with van der Waals surface area (Å²) in [6, 6.07) is 8.84. The molecule has 0 saturated heterocycles. The molecule has 2 N–H and O–H groups in total. The van der Waals surface area contributed by atoms with E-state index in [1.165, 1.54) is 30.4 Å². The van der Waals surface area contributed by atoms with Crippen LogP contribution in [0.25, 0.3) is 0 Å². The highest BCUT2D eigenvalue weighted by atomic mass is 16.3. The van der Waals surface area contributed by atoms with Gasteiger partial charge in [-0.15, -0.1) is 0 Å². The first kappa shape index (κ1) is 14.5. The molecule has 1 aromatic rings. The quantitative estimate of drug-likeness (QED) is 0.849. The minimum Gasteiger partial charge on any atom is -0.394 e. The molecule has 0 bridgehead atoms. The van der Waals surface area contributed by atoms with Crippen LogP contribution in [0.2, 0.25) is 0 Å². The van der Waals surface area contributed by atoms with E-state index < -0.39 is 0 Å². The molecule has 2 rings (SSSR count). The number of aliphatic hydroxyl groups is 1. The molecule has 0 radical (unpaired) electrons. The maximum Gasteiger partial charge on any atom is 0.0613 e. The first-order valence-electron chi connectivity index (χ1n) is 7.60. The van der Waals surface area contributed by atoms with E-state index in [2.05, 4.69) is 43.4 Å². The van der Waals surface area contributed by atoms with Crippen molar-refractivity contribution in [2.24, 2.45) is 0 Å². The molecule has 1 aromatic carbocycles. The van der Waals surface area contributed by atoms with Crippen LogP contribution in [0.3, 0.4) is 0 Å². The zero-order valence-electron chi connectivity index (χ0n) is 12.3. The summed E-state index contributed by atoms with van der Waals surface area (Å²) in [7, 11) is 0. The molecule has 1 aliphatic carbocycles. The van der Waals surface area contributed by atoms with E-state index in [-0.39, 0.29) is 12.1 Å². The van der Waals surface area contributed by atoms with E-state index >= 15 is 0 Å². The summed E-state index contributed by atoms with van der Waals surface area (Å²) in [6.45, 7) is 5.56. The first-order valence-corrected chi connectivity index (χ1v) is 7.60. The lowest BCUT2D eigenvalue weighted by Gasteiger charge is -2.36. The second-order valence-corrected chi connectivity index (χ2v) is 6.25. The van der Waals surface area contributed by atoms with Crippen LogP contribution < -0.4 is 5.32 Å². The third-order valence-electron chi connectivity index (χ3n) is 4.43. The first-order chi connectivity index (χ1) is 9.15. The molecular weight excluding hydrogens is 234 g/mol. The summed E-state index contributed by atoms with van der Waals surface area (Å²) >= 11 is 0. The lowest BCUT2D eigenvalue weighted by molar-refractivity contribution is 0.119. The molecule has 0 unspecified atom stereocenters. The predicted octanol–water partition coefficient (Wildman–Crippen LogP) is 3.59. The van der Waals surface area contributed by atoms with Crippen LogP contribution in [0.15, 0.2) is 24.3 Å². The molecule has 1 saturated carbocycles. The number of hydrogen-bond acceptors (Lipinski definition) is 2. The Hall–Kier alpha value is -0.860.